The van der Waals surface area contributed by atoms with Gasteiger partial charge in [0.15, 0.2) is 22.5 Å². The highest BCUT2D eigenvalue weighted by Gasteiger charge is 2.27. The van der Waals surface area contributed by atoms with Gasteiger partial charge in [-0.3, -0.25) is 25.1 Å². The second kappa shape index (κ2) is 8.09. The molecule has 0 unspecified atom stereocenters. The van der Waals surface area contributed by atoms with Gasteiger partial charge in [0.1, 0.15) is 0 Å². The minimum atomic E-state index is -0.771. The molecule has 0 atom stereocenters. The highest BCUT2D eigenvalue weighted by molar-refractivity contribution is 8.14. The Balaban J connectivity index is 1.58. The van der Waals surface area contributed by atoms with Crippen LogP contribution in [-0.4, -0.2) is 46.2 Å². The maximum absolute atomic E-state index is 12.1. The van der Waals surface area contributed by atoms with Crippen LogP contribution in [0.5, 0.6) is 0 Å². The lowest BCUT2D eigenvalue weighted by atomic mass is 10.2. The molecule has 1 fully saturated rings. The molecule has 9 nitrogen and oxygen atoms in total. The van der Waals surface area contributed by atoms with Crippen molar-refractivity contribution in [3.8, 4) is 0 Å². The van der Waals surface area contributed by atoms with Gasteiger partial charge in [0, 0.05) is 6.04 Å². The van der Waals surface area contributed by atoms with E-state index >= 15 is 0 Å². The van der Waals surface area contributed by atoms with Gasteiger partial charge in [-0.25, -0.2) is 4.99 Å². The van der Waals surface area contributed by atoms with Crippen LogP contribution in [0.1, 0.15) is 36.2 Å². The molecule has 3 N–H and O–H groups in total. The standard InChI is InChI=1S/C16H17N5O4S/c17-13-12(19-14(23)10-6-3-7-25-10)15(24)21-16(20-13)26-8-11(22)18-9-4-1-2-5-9/h3,6-7,9H,1-2,4-5,8H2,(H,18,22)(H2,17,20,21,24). The van der Waals surface area contributed by atoms with E-state index in [1.165, 1.54) is 18.4 Å². The molecule has 1 aromatic rings. The second-order valence-electron chi connectivity index (χ2n) is 5.80. The third kappa shape index (κ3) is 4.45. The Hall–Kier alpha value is -2.75. The van der Waals surface area contributed by atoms with Crippen LogP contribution >= 0.6 is 11.8 Å². The number of amidine groups is 2. The van der Waals surface area contributed by atoms with Crippen molar-refractivity contribution in [1.82, 2.24) is 10.6 Å². The summed E-state index contributed by atoms with van der Waals surface area (Å²) in [6.45, 7) is 0. The minimum absolute atomic E-state index is 0.0363. The Morgan fingerprint density at radius 3 is 2.85 bits per heavy atom. The van der Waals surface area contributed by atoms with Crippen molar-refractivity contribution in [3.63, 3.8) is 0 Å². The maximum Gasteiger partial charge on any atom is 0.313 e. The molecular weight excluding hydrogens is 358 g/mol. The molecule has 0 spiro atoms. The van der Waals surface area contributed by atoms with E-state index in [0.29, 0.717) is 0 Å². The summed E-state index contributed by atoms with van der Waals surface area (Å²) in [5.74, 6) is -2.02. The summed E-state index contributed by atoms with van der Waals surface area (Å²) in [5, 5.41) is 13.3. The largest absolute Gasteiger partial charge is 0.459 e. The van der Waals surface area contributed by atoms with Crippen LogP contribution < -0.4 is 10.6 Å². The number of nitrogens with zero attached hydrogens (tertiary/aromatic N) is 2. The Morgan fingerprint density at radius 1 is 1.42 bits per heavy atom. The summed E-state index contributed by atoms with van der Waals surface area (Å²) in [5.41, 5.74) is -0.397. The summed E-state index contributed by atoms with van der Waals surface area (Å²) < 4.78 is 4.90. The van der Waals surface area contributed by atoms with Gasteiger partial charge in [0.05, 0.1) is 12.0 Å². The first kappa shape index (κ1) is 18.1. The first-order chi connectivity index (χ1) is 12.5. The fourth-order valence-corrected chi connectivity index (χ4v) is 3.32. The molecule has 3 rings (SSSR count). The molecule has 10 heteroatoms. The zero-order chi connectivity index (χ0) is 18.5. The van der Waals surface area contributed by atoms with Crippen molar-refractivity contribution in [1.29, 1.82) is 5.41 Å². The molecule has 1 aliphatic carbocycles. The van der Waals surface area contributed by atoms with Crippen LogP contribution in [0.3, 0.4) is 0 Å². The van der Waals surface area contributed by atoms with E-state index < -0.39 is 23.4 Å². The van der Waals surface area contributed by atoms with Gasteiger partial charge in [-0.05, 0) is 25.0 Å². The van der Waals surface area contributed by atoms with Crippen molar-refractivity contribution >= 4 is 46.2 Å². The zero-order valence-corrected chi connectivity index (χ0v) is 14.6. The average molecular weight is 375 g/mol. The number of nitrogens with one attached hydrogen (secondary N) is 3. The van der Waals surface area contributed by atoms with Gasteiger partial charge in [0.25, 0.3) is 5.91 Å². The van der Waals surface area contributed by atoms with Crippen molar-refractivity contribution in [2.24, 2.45) is 9.98 Å². The van der Waals surface area contributed by atoms with Crippen LogP contribution in [0.15, 0.2) is 32.8 Å². The number of furan rings is 1. The van der Waals surface area contributed by atoms with E-state index in [2.05, 4.69) is 20.6 Å². The van der Waals surface area contributed by atoms with Crippen molar-refractivity contribution in [2.45, 2.75) is 31.7 Å². The first-order valence-corrected chi connectivity index (χ1v) is 9.09. The van der Waals surface area contributed by atoms with E-state index in [9.17, 15) is 14.4 Å². The maximum atomic E-state index is 12.1. The topological polar surface area (TPSA) is 137 Å². The zero-order valence-electron chi connectivity index (χ0n) is 13.8. The predicted molar refractivity (Wildman–Crippen MR) is 96.6 cm³/mol. The lowest BCUT2D eigenvalue weighted by molar-refractivity contribution is -0.119. The van der Waals surface area contributed by atoms with Crippen LogP contribution in [0.4, 0.5) is 0 Å². The SMILES string of the molecule is N=C1N=C(SCC(=O)NC2CCCC2)NC(=O)C1=NC(=O)c1ccco1. The van der Waals surface area contributed by atoms with Crippen LogP contribution in [0.25, 0.3) is 0 Å². The molecule has 1 aromatic heterocycles. The molecule has 2 aliphatic rings. The number of hydrogen-bond donors (Lipinski definition) is 3. The molecular formula is C16H17N5O4S. The highest BCUT2D eigenvalue weighted by atomic mass is 32.2. The van der Waals surface area contributed by atoms with Gasteiger partial charge < -0.3 is 9.73 Å². The smallest absolute Gasteiger partial charge is 0.313 e. The van der Waals surface area contributed by atoms with Gasteiger partial charge in [-0.2, -0.15) is 4.99 Å². The number of aliphatic imine (C=N–C) groups is 2. The Kier molecular flexibility index (Phi) is 5.61. The van der Waals surface area contributed by atoms with Crippen LogP contribution in [0, 0.1) is 5.41 Å². The summed E-state index contributed by atoms with van der Waals surface area (Å²) >= 11 is 1.02. The number of hydrogen-bond acceptors (Lipinski definition) is 6. The molecule has 1 aliphatic heterocycles. The molecule has 3 amide bonds. The van der Waals surface area contributed by atoms with E-state index in [1.54, 1.807) is 0 Å². The Morgan fingerprint density at radius 2 is 2.19 bits per heavy atom. The highest BCUT2D eigenvalue weighted by Crippen LogP contribution is 2.18. The predicted octanol–water partition coefficient (Wildman–Crippen LogP) is 1.12. The fraction of sp³-hybridized carbons (Fsp3) is 0.375. The summed E-state index contributed by atoms with van der Waals surface area (Å²) in [6.07, 6.45) is 5.53. The van der Waals surface area contributed by atoms with Crippen molar-refractivity contribution < 1.29 is 18.8 Å². The molecule has 0 bridgehead atoms. The van der Waals surface area contributed by atoms with Gasteiger partial charge >= 0.3 is 5.91 Å². The lowest BCUT2D eigenvalue weighted by Gasteiger charge is -2.15. The first-order valence-electron chi connectivity index (χ1n) is 8.10. The molecule has 26 heavy (non-hydrogen) atoms. The number of carbonyl (C=O) groups is 3. The third-order valence-corrected chi connectivity index (χ3v) is 4.75. The summed E-state index contributed by atoms with van der Waals surface area (Å²) in [4.78, 5) is 43.3. The van der Waals surface area contributed by atoms with Crippen molar-refractivity contribution in [3.05, 3.63) is 24.2 Å². The number of carbonyl (C=O) groups excluding carboxylic acids is 3. The summed E-state index contributed by atoms with van der Waals surface area (Å²) in [6, 6.07) is 3.14. The molecule has 2 heterocycles. The normalized spacial score (nSPS) is 19.4. The van der Waals surface area contributed by atoms with Gasteiger partial charge in [-0.1, -0.05) is 24.6 Å². The third-order valence-electron chi connectivity index (χ3n) is 3.88. The van der Waals surface area contributed by atoms with E-state index in [-0.39, 0.29) is 28.6 Å². The average Bonchev–Trinajstić information content (AvgIpc) is 3.29. The van der Waals surface area contributed by atoms with Gasteiger partial charge in [-0.15, -0.1) is 0 Å². The van der Waals surface area contributed by atoms with Crippen LogP contribution in [-0.2, 0) is 9.59 Å². The molecule has 0 aromatic carbocycles. The number of thioether (sulfide) groups is 1. The quantitative estimate of drug-likeness (QED) is 0.724. The van der Waals surface area contributed by atoms with Crippen molar-refractivity contribution in [2.75, 3.05) is 5.75 Å². The minimum Gasteiger partial charge on any atom is -0.459 e. The number of rotatable bonds is 4. The monoisotopic (exact) mass is 375 g/mol. The lowest BCUT2D eigenvalue weighted by Crippen LogP contribution is -2.44. The Labute approximate surface area is 153 Å². The molecule has 136 valence electrons. The summed E-state index contributed by atoms with van der Waals surface area (Å²) in [7, 11) is 0. The van der Waals surface area contributed by atoms with E-state index in [4.69, 9.17) is 9.83 Å². The fourth-order valence-electron chi connectivity index (χ4n) is 2.65. The molecule has 0 radical (unpaired) electrons. The van der Waals surface area contributed by atoms with Crippen LogP contribution in [0.2, 0.25) is 0 Å². The molecule has 0 saturated heterocycles. The second-order valence-corrected chi connectivity index (χ2v) is 6.76. The Bertz CT molecular complexity index is 794. The number of amides is 3. The molecule has 1 saturated carbocycles. The van der Waals surface area contributed by atoms with E-state index in [0.717, 1.165) is 37.4 Å². The van der Waals surface area contributed by atoms with Gasteiger partial charge in [0.2, 0.25) is 5.91 Å². The van der Waals surface area contributed by atoms with E-state index in [1.807, 2.05) is 0 Å².